The van der Waals surface area contributed by atoms with Gasteiger partial charge in [0, 0.05) is 81.5 Å². The van der Waals surface area contributed by atoms with Gasteiger partial charge in [-0.15, -0.1) is 0 Å². The van der Waals surface area contributed by atoms with Gasteiger partial charge < -0.3 is 40.1 Å². The highest BCUT2D eigenvalue weighted by atomic mass is 19.1. The number of aromatic nitrogens is 1. The molecule has 2 aliphatic heterocycles. The number of carbonyl (C=O) groups is 5. The Morgan fingerprint density at radius 2 is 1.66 bits per heavy atom. The molecule has 3 heterocycles. The average molecular weight is 879 g/mol. The third-order valence-electron chi connectivity index (χ3n) is 10.5. The van der Waals surface area contributed by atoms with E-state index in [0.717, 1.165) is 17.4 Å². The number of carbonyl (C=O) groups excluding carboxylic acids is 5. The zero-order valence-electron chi connectivity index (χ0n) is 36.6. The Morgan fingerprint density at radius 1 is 0.906 bits per heavy atom. The van der Waals surface area contributed by atoms with E-state index in [1.165, 1.54) is 17.0 Å². The van der Waals surface area contributed by atoms with Gasteiger partial charge in [-0.05, 0) is 55.7 Å². The summed E-state index contributed by atoms with van der Waals surface area (Å²) in [5.74, 6) is -1.45. The third-order valence-corrected chi connectivity index (χ3v) is 10.5. The monoisotopic (exact) mass is 878 g/mol. The summed E-state index contributed by atoms with van der Waals surface area (Å²) in [5.41, 5.74) is 7.19. The molecule has 4 amide bonds. The number of amides is 4. The molecule has 17 heteroatoms. The van der Waals surface area contributed by atoms with Crippen LogP contribution < -0.4 is 21.4 Å². The van der Waals surface area contributed by atoms with E-state index in [1.807, 2.05) is 18.2 Å². The molecule has 0 spiro atoms. The normalized spacial score (nSPS) is 14.4. The molecule has 3 aromatic carbocycles. The summed E-state index contributed by atoms with van der Waals surface area (Å²) < 4.78 is 31.5. The molecule has 2 fully saturated rings. The van der Waals surface area contributed by atoms with Crippen LogP contribution in [0, 0.1) is 5.82 Å². The number of anilines is 1. The molecule has 0 unspecified atom stereocenters. The smallest absolute Gasteiger partial charge is 0.412 e. The van der Waals surface area contributed by atoms with Crippen molar-refractivity contribution < 1.29 is 42.6 Å². The van der Waals surface area contributed by atoms with Crippen molar-refractivity contribution in [2.24, 2.45) is 5.10 Å². The van der Waals surface area contributed by atoms with Gasteiger partial charge in [0.05, 0.1) is 49.9 Å². The lowest BCUT2D eigenvalue weighted by atomic mass is 9.94. The lowest BCUT2D eigenvalue weighted by Crippen LogP contribution is -2.52. The summed E-state index contributed by atoms with van der Waals surface area (Å²) in [6.07, 6.45) is 1.88. The fourth-order valence-corrected chi connectivity index (χ4v) is 7.15. The van der Waals surface area contributed by atoms with Crippen molar-refractivity contribution in [1.29, 1.82) is 0 Å². The summed E-state index contributed by atoms with van der Waals surface area (Å²) in [5, 5.41) is 12.9. The summed E-state index contributed by atoms with van der Waals surface area (Å²) in [6.45, 7) is 8.69. The molecular formula is C47H55FN8O8. The Balaban J connectivity index is 0.919. The number of hydrazone groups is 1. The topological polar surface area (TPSA) is 193 Å². The number of benzene rings is 3. The van der Waals surface area contributed by atoms with Gasteiger partial charge in [0.15, 0.2) is 12.0 Å². The van der Waals surface area contributed by atoms with Crippen LogP contribution in [0.3, 0.4) is 0 Å². The first-order valence-corrected chi connectivity index (χ1v) is 21.2. The Morgan fingerprint density at radius 3 is 2.38 bits per heavy atom. The van der Waals surface area contributed by atoms with Gasteiger partial charge in [-0.1, -0.05) is 54.6 Å². The van der Waals surface area contributed by atoms with Gasteiger partial charge in [-0.25, -0.2) is 14.2 Å². The second kappa shape index (κ2) is 22.2. The first kappa shape index (κ1) is 46.9. The van der Waals surface area contributed by atoms with Crippen LogP contribution in [0.1, 0.15) is 74.6 Å². The number of ether oxygens (including phenoxy) is 3. The molecule has 6 rings (SSSR count). The molecule has 338 valence electrons. The average Bonchev–Trinajstić information content (AvgIpc) is 3.26. The second-order valence-corrected chi connectivity index (χ2v) is 16.3. The first-order chi connectivity index (χ1) is 30.8. The Kier molecular flexibility index (Phi) is 16.3. The predicted octanol–water partition coefficient (Wildman–Crippen LogP) is 4.65. The molecule has 0 saturated carbocycles. The van der Waals surface area contributed by atoms with Gasteiger partial charge in [0.2, 0.25) is 5.91 Å². The van der Waals surface area contributed by atoms with E-state index in [4.69, 9.17) is 14.2 Å². The van der Waals surface area contributed by atoms with Gasteiger partial charge in [0.1, 0.15) is 11.4 Å². The number of pyridine rings is 1. The van der Waals surface area contributed by atoms with Crippen LogP contribution in [-0.2, 0) is 25.4 Å². The molecule has 4 aromatic rings. The molecular weight excluding hydrogens is 824 g/mol. The largest absolute Gasteiger partial charge is 0.444 e. The highest BCUT2D eigenvalue weighted by Crippen LogP contribution is 2.30. The molecule has 4 N–H and O–H groups in total. The quantitative estimate of drug-likeness (QED) is 0.0471. The maximum atomic E-state index is 15.0. The minimum absolute atomic E-state index is 0.0181. The number of piperazine rings is 1. The molecule has 0 bridgehead atoms. The van der Waals surface area contributed by atoms with Crippen molar-refractivity contribution in [3.8, 4) is 11.1 Å². The molecule has 16 nitrogen and oxygen atoms in total. The molecule has 2 aliphatic rings. The van der Waals surface area contributed by atoms with Gasteiger partial charge in [-0.2, -0.15) is 5.10 Å². The van der Waals surface area contributed by atoms with E-state index in [9.17, 15) is 24.0 Å². The Hall–Kier alpha value is -6.56. The molecule has 2 saturated heterocycles. The van der Waals surface area contributed by atoms with E-state index in [2.05, 4.69) is 37.5 Å². The van der Waals surface area contributed by atoms with Crippen LogP contribution in [0.15, 0.2) is 84.1 Å². The lowest BCUT2D eigenvalue weighted by molar-refractivity contribution is -0.131. The summed E-state index contributed by atoms with van der Waals surface area (Å²) >= 11 is 0. The van der Waals surface area contributed by atoms with E-state index in [0.29, 0.717) is 66.7 Å². The maximum Gasteiger partial charge on any atom is 0.412 e. The van der Waals surface area contributed by atoms with Crippen LogP contribution in [0.25, 0.3) is 11.1 Å². The third kappa shape index (κ3) is 12.8. The Labute approximate surface area is 371 Å². The number of aldehydes is 1. The van der Waals surface area contributed by atoms with Crippen LogP contribution >= 0.6 is 0 Å². The van der Waals surface area contributed by atoms with Crippen molar-refractivity contribution in [2.75, 3.05) is 84.6 Å². The van der Waals surface area contributed by atoms with Crippen molar-refractivity contribution in [2.45, 2.75) is 38.7 Å². The first-order valence-electron chi connectivity index (χ1n) is 21.2. The van der Waals surface area contributed by atoms with E-state index >= 15 is 4.39 Å². The fourth-order valence-electron chi connectivity index (χ4n) is 7.15. The zero-order valence-corrected chi connectivity index (χ0v) is 36.6. The van der Waals surface area contributed by atoms with Crippen LogP contribution in [0.2, 0.25) is 0 Å². The lowest BCUT2D eigenvalue weighted by Gasteiger charge is -2.35. The second-order valence-electron chi connectivity index (χ2n) is 16.3. The number of nitrogens with one attached hydrogen (secondary N) is 4. The standard InChI is InChI=1S/C47H55FN8O8/c1-47(2,3)64-46(61)53-41-25-35(32-9-7-10-33(24-32)36-29-63-30-36)26-52-43(41)44(59)51-15-21-62-20-14-50-27-42(58)55-16-18-56(19-17-55)45(60)38-22-31(12-13-39(38)48)23-40(54-49-4)37-11-6-5-8-34(37)28-57/h5-13,22,24-26,28,36,49-50H,14-21,23,27,29-30H2,1-4H3,(H,51,59)(H,53,61)/b54-40-. The SMILES string of the molecule is CN/N=C(/Cc1ccc(F)c(C(=O)N2CCN(C(=O)CNCCOCCNC(=O)c3ncc(-c4cccc(C5COC5)c4)cc3NC(=O)OC(C)(C)C)CC2)c1)c1ccccc1C=O. The highest BCUT2D eigenvalue weighted by molar-refractivity contribution is 6.07. The molecule has 0 aliphatic carbocycles. The molecule has 0 atom stereocenters. The Bertz CT molecular complexity index is 2340. The predicted molar refractivity (Wildman–Crippen MR) is 239 cm³/mol. The fraction of sp³-hybridized carbons (Fsp3) is 0.383. The summed E-state index contributed by atoms with van der Waals surface area (Å²) in [4.78, 5) is 71.7. The summed E-state index contributed by atoms with van der Waals surface area (Å²) in [7, 11) is 1.64. The van der Waals surface area contributed by atoms with Crippen molar-refractivity contribution in [1.82, 2.24) is 30.8 Å². The maximum absolute atomic E-state index is 15.0. The van der Waals surface area contributed by atoms with Crippen molar-refractivity contribution >= 4 is 41.5 Å². The van der Waals surface area contributed by atoms with Gasteiger partial charge in [-0.3, -0.25) is 24.5 Å². The van der Waals surface area contributed by atoms with E-state index in [1.54, 1.807) is 75.3 Å². The highest BCUT2D eigenvalue weighted by Gasteiger charge is 2.27. The number of hydrogen-bond acceptors (Lipinski definition) is 12. The number of halogens is 1. The number of nitrogens with zero attached hydrogens (tertiary/aromatic N) is 4. The van der Waals surface area contributed by atoms with Crippen LogP contribution in [0.5, 0.6) is 0 Å². The zero-order chi connectivity index (χ0) is 45.6. The minimum Gasteiger partial charge on any atom is -0.444 e. The number of hydrogen-bond donors (Lipinski definition) is 4. The number of rotatable bonds is 18. The van der Waals surface area contributed by atoms with E-state index < -0.39 is 29.3 Å². The van der Waals surface area contributed by atoms with Gasteiger partial charge >= 0.3 is 6.09 Å². The van der Waals surface area contributed by atoms with Crippen molar-refractivity contribution in [3.05, 3.63) is 118 Å². The molecule has 64 heavy (non-hydrogen) atoms. The van der Waals surface area contributed by atoms with E-state index in [-0.39, 0.29) is 68.7 Å². The summed E-state index contributed by atoms with van der Waals surface area (Å²) in [6, 6.07) is 21.1. The minimum atomic E-state index is -0.755. The van der Waals surface area contributed by atoms with Crippen LogP contribution in [-0.4, -0.2) is 135 Å². The van der Waals surface area contributed by atoms with Crippen molar-refractivity contribution in [3.63, 3.8) is 0 Å². The van der Waals surface area contributed by atoms with Crippen LogP contribution in [0.4, 0.5) is 14.9 Å². The van der Waals surface area contributed by atoms with Gasteiger partial charge in [0.25, 0.3) is 11.8 Å². The molecule has 1 aromatic heterocycles. The molecule has 0 radical (unpaired) electrons.